The van der Waals surface area contributed by atoms with Gasteiger partial charge in [0.05, 0.1) is 22.3 Å². The van der Waals surface area contributed by atoms with Crippen LogP contribution in [-0.4, -0.2) is 6.03 Å². The number of carbonyl (C=O) groups excluding carboxylic acids is 1. The van der Waals surface area contributed by atoms with Crippen LogP contribution in [0, 0.1) is 0 Å². The van der Waals surface area contributed by atoms with Gasteiger partial charge in [0.25, 0.3) is 0 Å². The molecule has 3 nitrogen and oxygen atoms in total. The van der Waals surface area contributed by atoms with E-state index < -0.39 is 17.8 Å². The van der Waals surface area contributed by atoms with Crippen LogP contribution in [0.25, 0.3) is 0 Å². The number of halogens is 4. The second-order valence-electron chi connectivity index (χ2n) is 4.92. The fourth-order valence-corrected chi connectivity index (χ4v) is 2.14. The molecule has 7 heteroatoms. The van der Waals surface area contributed by atoms with Gasteiger partial charge in [-0.1, -0.05) is 41.9 Å². The Kier molecular flexibility index (Phi) is 5.15. The third-order valence-electron chi connectivity index (χ3n) is 3.19. The van der Waals surface area contributed by atoms with Crippen LogP contribution in [-0.2, 0) is 6.18 Å². The first-order valence-corrected chi connectivity index (χ1v) is 7.14. The normalized spacial score (nSPS) is 12.6. The van der Waals surface area contributed by atoms with E-state index >= 15 is 0 Å². The van der Waals surface area contributed by atoms with E-state index in [2.05, 4.69) is 10.6 Å². The lowest BCUT2D eigenvalue weighted by Crippen LogP contribution is -2.31. The van der Waals surface area contributed by atoms with Crippen molar-refractivity contribution in [3.8, 4) is 0 Å². The topological polar surface area (TPSA) is 41.1 Å². The Morgan fingerprint density at radius 3 is 2.39 bits per heavy atom. The molecule has 2 amide bonds. The van der Waals surface area contributed by atoms with Gasteiger partial charge in [0.1, 0.15) is 0 Å². The van der Waals surface area contributed by atoms with E-state index in [4.69, 9.17) is 11.6 Å². The molecule has 0 spiro atoms. The molecule has 23 heavy (non-hydrogen) atoms. The fourth-order valence-electron chi connectivity index (χ4n) is 1.98. The SMILES string of the molecule is CC(NC(=O)Nc1cc(C(F)(F)F)ccc1Cl)c1ccccc1. The minimum Gasteiger partial charge on any atom is -0.331 e. The van der Waals surface area contributed by atoms with Crippen LogP contribution in [0.15, 0.2) is 48.5 Å². The van der Waals surface area contributed by atoms with Crippen LogP contribution in [0.1, 0.15) is 24.1 Å². The van der Waals surface area contributed by atoms with Gasteiger partial charge in [-0.2, -0.15) is 13.2 Å². The Bertz CT molecular complexity index is 689. The fraction of sp³-hybridized carbons (Fsp3) is 0.188. The van der Waals surface area contributed by atoms with Gasteiger partial charge >= 0.3 is 12.2 Å². The summed E-state index contributed by atoms with van der Waals surface area (Å²) in [5, 5.41) is 5.01. The van der Waals surface area contributed by atoms with Gasteiger partial charge in [-0.3, -0.25) is 0 Å². The molecular weight excluding hydrogens is 329 g/mol. The number of rotatable bonds is 3. The zero-order valence-corrected chi connectivity index (χ0v) is 12.9. The van der Waals surface area contributed by atoms with Crippen molar-refractivity contribution in [1.29, 1.82) is 0 Å². The van der Waals surface area contributed by atoms with Crippen molar-refractivity contribution in [2.75, 3.05) is 5.32 Å². The van der Waals surface area contributed by atoms with Crippen molar-refractivity contribution in [2.45, 2.75) is 19.1 Å². The molecule has 0 heterocycles. The summed E-state index contributed by atoms with van der Waals surface area (Å²) >= 11 is 5.83. The molecule has 2 aromatic rings. The first kappa shape index (κ1) is 17.1. The molecule has 0 fully saturated rings. The Morgan fingerprint density at radius 1 is 1.13 bits per heavy atom. The van der Waals surface area contributed by atoms with E-state index in [-0.39, 0.29) is 16.8 Å². The van der Waals surface area contributed by atoms with Gasteiger partial charge in [-0.05, 0) is 30.7 Å². The van der Waals surface area contributed by atoms with Crippen molar-refractivity contribution in [1.82, 2.24) is 5.32 Å². The largest absolute Gasteiger partial charge is 0.416 e. The minimum atomic E-state index is -4.51. The first-order chi connectivity index (χ1) is 10.8. The number of anilines is 1. The standard InChI is InChI=1S/C16H14ClF3N2O/c1-10(11-5-3-2-4-6-11)21-15(23)22-14-9-12(16(18,19)20)7-8-13(14)17/h2-10H,1H3,(H2,21,22,23). The van der Waals surface area contributed by atoms with Crippen molar-refractivity contribution in [2.24, 2.45) is 0 Å². The summed E-state index contributed by atoms with van der Waals surface area (Å²) in [6, 6.07) is 11.0. The van der Waals surface area contributed by atoms with Gasteiger partial charge in [-0.25, -0.2) is 4.79 Å². The number of urea groups is 1. The monoisotopic (exact) mass is 342 g/mol. The lowest BCUT2D eigenvalue weighted by Gasteiger charge is -2.16. The molecular formula is C16H14ClF3N2O. The minimum absolute atomic E-state index is 0.0283. The van der Waals surface area contributed by atoms with Crippen molar-refractivity contribution in [3.63, 3.8) is 0 Å². The van der Waals surface area contributed by atoms with Crippen LogP contribution in [0.3, 0.4) is 0 Å². The summed E-state index contributed by atoms with van der Waals surface area (Å²) in [5.41, 5.74) is -0.106. The second-order valence-corrected chi connectivity index (χ2v) is 5.33. The van der Waals surface area contributed by atoms with Crippen LogP contribution in [0.2, 0.25) is 5.02 Å². The summed E-state index contributed by atoms with van der Waals surface area (Å²) in [5.74, 6) is 0. The van der Waals surface area contributed by atoms with Gasteiger partial charge in [0.2, 0.25) is 0 Å². The molecule has 0 bridgehead atoms. The van der Waals surface area contributed by atoms with E-state index in [9.17, 15) is 18.0 Å². The van der Waals surface area contributed by atoms with Crippen molar-refractivity contribution in [3.05, 3.63) is 64.7 Å². The zero-order chi connectivity index (χ0) is 17.0. The number of carbonyl (C=O) groups is 1. The van der Waals surface area contributed by atoms with E-state index in [0.717, 1.165) is 23.8 Å². The van der Waals surface area contributed by atoms with E-state index in [1.54, 1.807) is 6.92 Å². The summed E-state index contributed by atoms with van der Waals surface area (Å²) in [4.78, 5) is 11.9. The number of hydrogen-bond donors (Lipinski definition) is 2. The molecule has 0 radical (unpaired) electrons. The van der Waals surface area contributed by atoms with Gasteiger partial charge in [0.15, 0.2) is 0 Å². The highest BCUT2D eigenvalue weighted by Gasteiger charge is 2.31. The molecule has 0 saturated carbocycles. The summed E-state index contributed by atoms with van der Waals surface area (Å²) in [7, 11) is 0. The highest BCUT2D eigenvalue weighted by molar-refractivity contribution is 6.33. The Morgan fingerprint density at radius 2 is 1.78 bits per heavy atom. The van der Waals surface area contributed by atoms with Gasteiger partial charge < -0.3 is 10.6 Å². The lowest BCUT2D eigenvalue weighted by atomic mass is 10.1. The summed E-state index contributed by atoms with van der Waals surface area (Å²) < 4.78 is 38.1. The number of hydrogen-bond acceptors (Lipinski definition) is 1. The molecule has 1 atom stereocenters. The lowest BCUT2D eigenvalue weighted by molar-refractivity contribution is -0.137. The summed E-state index contributed by atoms with van der Waals surface area (Å²) in [6.07, 6.45) is -4.51. The molecule has 122 valence electrons. The average Bonchev–Trinajstić information content (AvgIpc) is 2.49. The molecule has 2 rings (SSSR count). The van der Waals surface area contributed by atoms with Crippen LogP contribution >= 0.6 is 11.6 Å². The quantitative estimate of drug-likeness (QED) is 0.786. The highest BCUT2D eigenvalue weighted by Crippen LogP contribution is 2.33. The molecule has 2 aromatic carbocycles. The number of alkyl halides is 3. The molecule has 2 N–H and O–H groups in total. The Labute approximate surface area is 136 Å². The Balaban J connectivity index is 2.08. The maximum atomic E-state index is 12.7. The predicted octanol–water partition coefficient (Wildman–Crippen LogP) is 5.24. The molecule has 0 aliphatic carbocycles. The van der Waals surface area contributed by atoms with E-state index in [1.807, 2.05) is 30.3 Å². The maximum Gasteiger partial charge on any atom is 0.416 e. The third kappa shape index (κ3) is 4.63. The van der Waals surface area contributed by atoms with Crippen LogP contribution in [0.5, 0.6) is 0 Å². The van der Waals surface area contributed by atoms with Crippen LogP contribution < -0.4 is 10.6 Å². The molecule has 0 aromatic heterocycles. The van der Waals surface area contributed by atoms with E-state index in [1.165, 1.54) is 0 Å². The van der Waals surface area contributed by atoms with E-state index in [0.29, 0.717) is 0 Å². The smallest absolute Gasteiger partial charge is 0.331 e. The van der Waals surface area contributed by atoms with Crippen molar-refractivity contribution >= 4 is 23.3 Å². The average molecular weight is 343 g/mol. The maximum absolute atomic E-state index is 12.7. The Hall–Kier alpha value is -2.21. The number of nitrogens with one attached hydrogen (secondary N) is 2. The molecule has 1 unspecified atom stereocenters. The zero-order valence-electron chi connectivity index (χ0n) is 12.1. The third-order valence-corrected chi connectivity index (χ3v) is 3.52. The van der Waals surface area contributed by atoms with Gasteiger partial charge in [-0.15, -0.1) is 0 Å². The molecule has 0 aliphatic rings. The number of benzene rings is 2. The number of amides is 2. The van der Waals surface area contributed by atoms with Crippen LogP contribution in [0.4, 0.5) is 23.7 Å². The second kappa shape index (κ2) is 6.91. The summed E-state index contributed by atoms with van der Waals surface area (Å²) in [6.45, 7) is 1.77. The molecule has 0 aliphatic heterocycles. The molecule has 0 saturated heterocycles. The van der Waals surface area contributed by atoms with Crippen molar-refractivity contribution < 1.29 is 18.0 Å². The predicted molar refractivity (Wildman–Crippen MR) is 83.5 cm³/mol. The highest BCUT2D eigenvalue weighted by atomic mass is 35.5. The van der Waals surface area contributed by atoms with Gasteiger partial charge in [0, 0.05) is 0 Å². The first-order valence-electron chi connectivity index (χ1n) is 6.76.